The molecule has 0 bridgehead atoms. The Balaban J connectivity index is 2.41. The second kappa shape index (κ2) is 4.71. The molecule has 0 aliphatic heterocycles. The van der Waals surface area contributed by atoms with E-state index in [-0.39, 0.29) is 0 Å². The molecule has 2 rings (SSSR count). The van der Waals surface area contributed by atoms with Crippen LogP contribution in [0.25, 0.3) is 11.1 Å². The summed E-state index contributed by atoms with van der Waals surface area (Å²) in [6, 6.07) is 16.7. The highest BCUT2D eigenvalue weighted by molar-refractivity contribution is 5.65. The molecule has 2 aromatic carbocycles. The quantitative estimate of drug-likeness (QED) is 0.779. The fourth-order valence-corrected chi connectivity index (χ4v) is 1.53. The van der Waals surface area contributed by atoms with E-state index in [1.165, 1.54) is 0 Å². The van der Waals surface area contributed by atoms with Crippen LogP contribution in [-0.2, 0) is 0 Å². The molecule has 0 aromatic heterocycles. The van der Waals surface area contributed by atoms with Crippen molar-refractivity contribution >= 4 is 0 Å². The lowest BCUT2D eigenvalue weighted by Crippen LogP contribution is -1.86. The summed E-state index contributed by atoms with van der Waals surface area (Å²) in [7, 11) is 3.32. The predicted octanol–water partition coefficient (Wildman–Crippen LogP) is 3.17. The molecular formula is C14H13O2. The van der Waals surface area contributed by atoms with Crippen LogP contribution in [0.5, 0.6) is 11.5 Å². The highest BCUT2D eigenvalue weighted by atomic mass is 16.5. The lowest BCUT2D eigenvalue weighted by atomic mass is 10.1. The molecule has 0 saturated carbocycles. The van der Waals surface area contributed by atoms with Gasteiger partial charge in [-0.15, -0.1) is 0 Å². The first-order valence-electron chi connectivity index (χ1n) is 5.03. The van der Waals surface area contributed by atoms with E-state index >= 15 is 0 Å². The van der Waals surface area contributed by atoms with Gasteiger partial charge in [0.05, 0.1) is 14.2 Å². The SMILES string of the molecule is COc1cc[c]c(-c2cccc(OC)c2)c1. The molecule has 0 amide bonds. The van der Waals surface area contributed by atoms with Crippen molar-refractivity contribution in [2.24, 2.45) is 0 Å². The zero-order valence-corrected chi connectivity index (χ0v) is 9.36. The third kappa shape index (κ3) is 2.16. The van der Waals surface area contributed by atoms with Crippen LogP contribution in [0.1, 0.15) is 0 Å². The monoisotopic (exact) mass is 213 g/mol. The van der Waals surface area contributed by atoms with Crippen molar-refractivity contribution in [2.45, 2.75) is 0 Å². The normalized spacial score (nSPS) is 9.88. The van der Waals surface area contributed by atoms with Gasteiger partial charge in [0, 0.05) is 0 Å². The predicted molar refractivity (Wildman–Crippen MR) is 63.8 cm³/mol. The molecule has 16 heavy (non-hydrogen) atoms. The smallest absolute Gasteiger partial charge is 0.119 e. The van der Waals surface area contributed by atoms with E-state index in [0.717, 1.165) is 22.6 Å². The molecule has 0 atom stereocenters. The molecular weight excluding hydrogens is 200 g/mol. The van der Waals surface area contributed by atoms with Gasteiger partial charge >= 0.3 is 0 Å². The molecule has 0 heterocycles. The number of benzene rings is 2. The van der Waals surface area contributed by atoms with Crippen molar-refractivity contribution in [1.82, 2.24) is 0 Å². The van der Waals surface area contributed by atoms with Gasteiger partial charge in [-0.3, -0.25) is 0 Å². The Labute approximate surface area is 95.4 Å². The van der Waals surface area contributed by atoms with E-state index in [4.69, 9.17) is 9.47 Å². The van der Waals surface area contributed by atoms with Gasteiger partial charge in [0.15, 0.2) is 0 Å². The molecule has 2 aromatic rings. The summed E-state index contributed by atoms with van der Waals surface area (Å²) in [5.74, 6) is 1.67. The molecule has 0 unspecified atom stereocenters. The number of methoxy groups -OCH3 is 2. The van der Waals surface area contributed by atoms with E-state index in [1.54, 1.807) is 14.2 Å². The Morgan fingerprint density at radius 2 is 1.69 bits per heavy atom. The largest absolute Gasteiger partial charge is 0.497 e. The minimum atomic E-state index is 0.830. The zero-order valence-electron chi connectivity index (χ0n) is 9.36. The van der Waals surface area contributed by atoms with Gasteiger partial charge in [-0.05, 0) is 41.5 Å². The van der Waals surface area contributed by atoms with Crippen molar-refractivity contribution in [1.29, 1.82) is 0 Å². The maximum atomic E-state index is 5.19. The van der Waals surface area contributed by atoms with Crippen molar-refractivity contribution in [3.63, 3.8) is 0 Å². The fourth-order valence-electron chi connectivity index (χ4n) is 1.53. The maximum Gasteiger partial charge on any atom is 0.119 e. The molecule has 2 nitrogen and oxygen atoms in total. The highest BCUT2D eigenvalue weighted by Crippen LogP contribution is 2.26. The Morgan fingerprint density at radius 3 is 2.44 bits per heavy atom. The third-order valence-electron chi connectivity index (χ3n) is 2.39. The summed E-state index contributed by atoms with van der Waals surface area (Å²) in [6.07, 6.45) is 0. The highest BCUT2D eigenvalue weighted by Gasteiger charge is 2.01. The van der Waals surface area contributed by atoms with E-state index in [2.05, 4.69) is 6.07 Å². The first kappa shape index (κ1) is 10.6. The van der Waals surface area contributed by atoms with Crippen LogP contribution in [0.4, 0.5) is 0 Å². The first-order chi connectivity index (χ1) is 7.83. The number of ether oxygens (including phenoxy) is 2. The fraction of sp³-hybridized carbons (Fsp3) is 0.143. The standard InChI is InChI=1S/C14H13O2/c1-15-13-7-3-5-11(9-13)12-6-4-8-14(10-12)16-2/h3-5,7-10H,1-2H3. The molecule has 1 radical (unpaired) electrons. The van der Waals surface area contributed by atoms with Crippen molar-refractivity contribution in [3.05, 3.63) is 48.5 Å². The van der Waals surface area contributed by atoms with E-state index in [0.29, 0.717) is 0 Å². The van der Waals surface area contributed by atoms with Gasteiger partial charge in [-0.25, -0.2) is 0 Å². The van der Waals surface area contributed by atoms with Crippen LogP contribution in [0, 0.1) is 6.07 Å². The molecule has 0 N–H and O–H groups in total. The van der Waals surface area contributed by atoms with Crippen LogP contribution in [-0.4, -0.2) is 14.2 Å². The average Bonchev–Trinajstić information content (AvgIpc) is 2.39. The molecule has 2 heteroatoms. The summed E-state index contributed by atoms with van der Waals surface area (Å²) in [4.78, 5) is 0. The van der Waals surface area contributed by atoms with Gasteiger partial charge < -0.3 is 9.47 Å². The molecule has 0 fully saturated rings. The Morgan fingerprint density at radius 1 is 0.938 bits per heavy atom. The van der Waals surface area contributed by atoms with Crippen LogP contribution < -0.4 is 9.47 Å². The Bertz CT molecular complexity index is 432. The summed E-state index contributed by atoms with van der Waals surface area (Å²) in [6.45, 7) is 0. The average molecular weight is 213 g/mol. The molecule has 0 saturated heterocycles. The van der Waals surface area contributed by atoms with Crippen molar-refractivity contribution in [2.75, 3.05) is 14.2 Å². The van der Waals surface area contributed by atoms with Gasteiger partial charge in [-0.2, -0.15) is 0 Å². The molecule has 0 aliphatic carbocycles. The van der Waals surface area contributed by atoms with Crippen molar-refractivity contribution in [3.8, 4) is 22.6 Å². The number of rotatable bonds is 3. The van der Waals surface area contributed by atoms with Gasteiger partial charge in [0.2, 0.25) is 0 Å². The lowest BCUT2D eigenvalue weighted by molar-refractivity contribution is 0.414. The second-order valence-corrected chi connectivity index (χ2v) is 3.37. The van der Waals surface area contributed by atoms with Gasteiger partial charge in [0.25, 0.3) is 0 Å². The van der Waals surface area contributed by atoms with Gasteiger partial charge in [0.1, 0.15) is 11.5 Å². The van der Waals surface area contributed by atoms with Crippen LogP contribution in [0.2, 0.25) is 0 Å². The summed E-state index contributed by atoms with van der Waals surface area (Å²) in [5, 5.41) is 0. The van der Waals surface area contributed by atoms with Crippen LogP contribution >= 0.6 is 0 Å². The topological polar surface area (TPSA) is 18.5 Å². The Hall–Kier alpha value is -1.96. The van der Waals surface area contributed by atoms with Crippen molar-refractivity contribution < 1.29 is 9.47 Å². The third-order valence-corrected chi connectivity index (χ3v) is 2.39. The second-order valence-electron chi connectivity index (χ2n) is 3.37. The Kier molecular flexibility index (Phi) is 3.10. The summed E-state index contributed by atoms with van der Waals surface area (Å²) in [5.41, 5.74) is 2.07. The van der Waals surface area contributed by atoms with E-state index in [1.807, 2.05) is 42.5 Å². The van der Waals surface area contributed by atoms with Gasteiger partial charge in [-0.1, -0.05) is 18.2 Å². The molecule has 81 valence electrons. The van der Waals surface area contributed by atoms with Crippen LogP contribution in [0.15, 0.2) is 42.5 Å². The minimum Gasteiger partial charge on any atom is -0.497 e. The van der Waals surface area contributed by atoms with E-state index < -0.39 is 0 Å². The lowest BCUT2D eigenvalue weighted by Gasteiger charge is -2.06. The minimum absolute atomic E-state index is 0.830. The maximum absolute atomic E-state index is 5.19. The number of hydrogen-bond donors (Lipinski definition) is 0. The summed E-state index contributed by atoms with van der Waals surface area (Å²) >= 11 is 0. The summed E-state index contributed by atoms with van der Waals surface area (Å²) < 4.78 is 10.4. The number of hydrogen-bond acceptors (Lipinski definition) is 2. The first-order valence-corrected chi connectivity index (χ1v) is 5.03. The zero-order chi connectivity index (χ0) is 11.4. The van der Waals surface area contributed by atoms with Crippen LogP contribution in [0.3, 0.4) is 0 Å². The molecule has 0 aliphatic rings. The van der Waals surface area contributed by atoms with E-state index in [9.17, 15) is 0 Å². The molecule has 0 spiro atoms.